The van der Waals surface area contributed by atoms with Crippen LogP contribution in [0.25, 0.3) is 0 Å². The topological polar surface area (TPSA) is 98.2 Å². The molecule has 0 spiro atoms. The van der Waals surface area contributed by atoms with Crippen LogP contribution >= 0.6 is 0 Å². The van der Waals surface area contributed by atoms with Crippen LogP contribution in [0.3, 0.4) is 0 Å². The number of hydrogen-bond acceptors (Lipinski definition) is 4. The second-order valence-electron chi connectivity index (χ2n) is 5.41. The van der Waals surface area contributed by atoms with E-state index in [1.165, 1.54) is 18.9 Å². The molecule has 6 heteroatoms. The average Bonchev–Trinajstić information content (AvgIpc) is 2.30. The van der Waals surface area contributed by atoms with Crippen molar-refractivity contribution in [3.63, 3.8) is 0 Å². The van der Waals surface area contributed by atoms with Gasteiger partial charge in [-0.15, -0.1) is 0 Å². The largest absolute Gasteiger partial charge is 0.399 e. The SMILES string of the molecule is CC1CCCC(Nc2ccc(N)cc2S(N)(=O)=O)C1. The number of nitrogens with one attached hydrogen (secondary N) is 1. The molecule has 2 rings (SSSR count). The highest BCUT2D eigenvalue weighted by molar-refractivity contribution is 7.89. The van der Waals surface area contributed by atoms with Gasteiger partial charge in [0.2, 0.25) is 10.0 Å². The molecule has 0 heterocycles. The molecule has 106 valence electrons. The van der Waals surface area contributed by atoms with Gasteiger partial charge in [0, 0.05) is 11.7 Å². The summed E-state index contributed by atoms with van der Waals surface area (Å²) in [6.07, 6.45) is 4.51. The van der Waals surface area contributed by atoms with Gasteiger partial charge in [-0.1, -0.05) is 19.8 Å². The number of sulfonamides is 1. The van der Waals surface area contributed by atoms with Crippen LogP contribution in [0.4, 0.5) is 11.4 Å². The Morgan fingerprint density at radius 1 is 1.32 bits per heavy atom. The zero-order chi connectivity index (χ0) is 14.0. The molecule has 19 heavy (non-hydrogen) atoms. The predicted octanol–water partition coefficient (Wildman–Crippen LogP) is 1.91. The summed E-state index contributed by atoms with van der Waals surface area (Å²) in [7, 11) is -3.76. The van der Waals surface area contributed by atoms with Gasteiger partial charge in [-0.3, -0.25) is 0 Å². The highest BCUT2D eigenvalue weighted by atomic mass is 32.2. The third-order valence-corrected chi connectivity index (χ3v) is 4.56. The van der Waals surface area contributed by atoms with Crippen LogP contribution in [0, 0.1) is 5.92 Å². The number of hydrogen-bond donors (Lipinski definition) is 3. The Labute approximate surface area is 114 Å². The van der Waals surface area contributed by atoms with E-state index in [9.17, 15) is 8.42 Å². The zero-order valence-electron chi connectivity index (χ0n) is 11.1. The van der Waals surface area contributed by atoms with Gasteiger partial charge in [-0.2, -0.15) is 0 Å². The minimum atomic E-state index is -3.76. The van der Waals surface area contributed by atoms with E-state index >= 15 is 0 Å². The normalized spacial score (nSPS) is 24.1. The Morgan fingerprint density at radius 3 is 2.68 bits per heavy atom. The van der Waals surface area contributed by atoms with Crippen LogP contribution in [0.5, 0.6) is 0 Å². The van der Waals surface area contributed by atoms with E-state index in [-0.39, 0.29) is 4.90 Å². The molecule has 0 amide bonds. The first kappa shape index (κ1) is 14.1. The minimum absolute atomic E-state index is 0.0747. The maximum absolute atomic E-state index is 11.6. The van der Waals surface area contributed by atoms with E-state index in [4.69, 9.17) is 10.9 Å². The van der Waals surface area contributed by atoms with E-state index < -0.39 is 10.0 Å². The van der Waals surface area contributed by atoms with Crippen molar-refractivity contribution in [1.29, 1.82) is 0 Å². The molecule has 1 saturated carbocycles. The molecule has 0 aromatic heterocycles. The van der Waals surface area contributed by atoms with Gasteiger partial charge in [0.25, 0.3) is 0 Å². The molecule has 1 aromatic rings. The summed E-state index contributed by atoms with van der Waals surface area (Å²) in [6.45, 7) is 2.22. The fraction of sp³-hybridized carbons (Fsp3) is 0.538. The fourth-order valence-corrected chi connectivity index (χ4v) is 3.41. The van der Waals surface area contributed by atoms with Crippen LogP contribution in [0.1, 0.15) is 32.6 Å². The van der Waals surface area contributed by atoms with Crippen LogP contribution in [0.2, 0.25) is 0 Å². The number of anilines is 2. The summed E-state index contributed by atoms with van der Waals surface area (Å²) < 4.78 is 23.2. The van der Waals surface area contributed by atoms with Gasteiger partial charge in [0.1, 0.15) is 4.90 Å². The molecular weight excluding hydrogens is 262 g/mol. The molecule has 2 atom stereocenters. The summed E-state index contributed by atoms with van der Waals surface area (Å²) in [5, 5.41) is 8.53. The Bertz CT molecular complexity index is 557. The average molecular weight is 283 g/mol. The third kappa shape index (κ3) is 3.61. The molecule has 0 bridgehead atoms. The Hall–Kier alpha value is -1.27. The smallest absolute Gasteiger partial charge is 0.240 e. The first-order valence-corrected chi connectivity index (χ1v) is 8.10. The number of benzene rings is 1. The quantitative estimate of drug-likeness (QED) is 0.738. The van der Waals surface area contributed by atoms with Crippen molar-refractivity contribution in [2.75, 3.05) is 11.1 Å². The van der Waals surface area contributed by atoms with E-state index in [2.05, 4.69) is 12.2 Å². The van der Waals surface area contributed by atoms with E-state index in [1.54, 1.807) is 12.1 Å². The lowest BCUT2D eigenvalue weighted by molar-refractivity contribution is 0.358. The Balaban J connectivity index is 2.25. The molecule has 1 aliphatic rings. The predicted molar refractivity (Wildman–Crippen MR) is 77.3 cm³/mol. The van der Waals surface area contributed by atoms with Crippen molar-refractivity contribution >= 4 is 21.4 Å². The molecule has 1 aromatic carbocycles. The van der Waals surface area contributed by atoms with Crippen LogP contribution in [0.15, 0.2) is 23.1 Å². The number of primary sulfonamides is 1. The first-order chi connectivity index (χ1) is 8.86. The lowest BCUT2D eigenvalue weighted by Crippen LogP contribution is -2.27. The number of nitrogen functional groups attached to an aromatic ring is 1. The van der Waals surface area contributed by atoms with Gasteiger partial charge in [0.05, 0.1) is 5.69 Å². The van der Waals surface area contributed by atoms with Crippen molar-refractivity contribution < 1.29 is 8.42 Å². The van der Waals surface area contributed by atoms with Crippen LogP contribution in [-0.4, -0.2) is 14.5 Å². The summed E-state index contributed by atoms with van der Waals surface area (Å²) in [4.78, 5) is 0.0747. The van der Waals surface area contributed by atoms with Gasteiger partial charge < -0.3 is 11.1 Å². The summed E-state index contributed by atoms with van der Waals surface area (Å²) in [5.41, 5.74) is 6.58. The van der Waals surface area contributed by atoms with Gasteiger partial charge in [-0.25, -0.2) is 13.6 Å². The Morgan fingerprint density at radius 2 is 2.05 bits per heavy atom. The standard InChI is InChI=1S/C13H21N3O2S/c1-9-3-2-4-11(7-9)16-12-6-5-10(14)8-13(12)19(15,17)18/h5-6,8-9,11,16H,2-4,7,14H2,1H3,(H2,15,17,18). The molecule has 5 N–H and O–H groups in total. The Kier molecular flexibility index (Phi) is 4.01. The van der Waals surface area contributed by atoms with Crippen LogP contribution in [-0.2, 0) is 10.0 Å². The van der Waals surface area contributed by atoms with Crippen LogP contribution < -0.4 is 16.2 Å². The van der Waals surface area contributed by atoms with Crippen molar-refractivity contribution in [3.8, 4) is 0 Å². The molecule has 1 fully saturated rings. The summed E-state index contributed by atoms with van der Waals surface area (Å²) >= 11 is 0. The van der Waals surface area contributed by atoms with Crippen molar-refractivity contribution in [2.24, 2.45) is 11.1 Å². The van der Waals surface area contributed by atoms with E-state index in [1.807, 2.05) is 0 Å². The van der Waals surface area contributed by atoms with E-state index in [0.29, 0.717) is 23.3 Å². The maximum atomic E-state index is 11.6. The maximum Gasteiger partial charge on any atom is 0.240 e. The summed E-state index contributed by atoms with van der Waals surface area (Å²) in [6, 6.07) is 5.08. The molecular formula is C13H21N3O2S. The van der Waals surface area contributed by atoms with Crippen molar-refractivity contribution in [1.82, 2.24) is 0 Å². The minimum Gasteiger partial charge on any atom is -0.399 e. The number of nitrogens with two attached hydrogens (primary N) is 2. The van der Waals surface area contributed by atoms with Crippen molar-refractivity contribution in [2.45, 2.75) is 43.5 Å². The second-order valence-corrected chi connectivity index (χ2v) is 6.94. The molecule has 0 aliphatic heterocycles. The second kappa shape index (κ2) is 5.38. The van der Waals surface area contributed by atoms with Gasteiger partial charge in [-0.05, 0) is 37.0 Å². The van der Waals surface area contributed by atoms with Crippen molar-refractivity contribution in [3.05, 3.63) is 18.2 Å². The lowest BCUT2D eigenvalue weighted by atomic mass is 9.87. The highest BCUT2D eigenvalue weighted by Crippen LogP contribution is 2.29. The monoisotopic (exact) mass is 283 g/mol. The van der Waals surface area contributed by atoms with Gasteiger partial charge in [0.15, 0.2) is 0 Å². The molecule has 0 radical (unpaired) electrons. The molecule has 0 saturated heterocycles. The summed E-state index contributed by atoms with van der Waals surface area (Å²) in [5.74, 6) is 0.665. The lowest BCUT2D eigenvalue weighted by Gasteiger charge is -2.29. The number of rotatable bonds is 3. The van der Waals surface area contributed by atoms with E-state index in [0.717, 1.165) is 12.8 Å². The third-order valence-electron chi connectivity index (χ3n) is 3.61. The highest BCUT2D eigenvalue weighted by Gasteiger charge is 2.21. The van der Waals surface area contributed by atoms with Gasteiger partial charge >= 0.3 is 0 Å². The molecule has 2 unspecified atom stereocenters. The first-order valence-electron chi connectivity index (χ1n) is 6.55. The fourth-order valence-electron chi connectivity index (χ4n) is 2.68. The zero-order valence-corrected chi connectivity index (χ0v) is 11.9. The molecule has 1 aliphatic carbocycles. The molecule has 5 nitrogen and oxygen atoms in total.